The number of hydrogen-bond donors (Lipinski definition) is 2. The summed E-state index contributed by atoms with van der Waals surface area (Å²) in [5.41, 5.74) is 4.72. The summed E-state index contributed by atoms with van der Waals surface area (Å²) in [4.78, 5) is 28.8. The number of amidine groups is 1. The third-order valence-corrected chi connectivity index (χ3v) is 4.90. The average molecular weight is 326 g/mol. The highest BCUT2D eigenvalue weighted by Crippen LogP contribution is 2.44. The smallest absolute Gasteiger partial charge is 0.288 e. The number of hydrogen-bond acceptors (Lipinski definition) is 4. The monoisotopic (exact) mass is 326 g/mol. The minimum atomic E-state index is -0.205. The van der Waals surface area contributed by atoms with E-state index in [0.717, 1.165) is 5.56 Å². The lowest BCUT2D eigenvalue weighted by Gasteiger charge is -2.28. The number of nitrogens with zero attached hydrogens (tertiary/aromatic N) is 2. The van der Waals surface area contributed by atoms with E-state index in [0.29, 0.717) is 17.5 Å². The van der Waals surface area contributed by atoms with E-state index in [4.69, 9.17) is 0 Å². The Kier molecular flexibility index (Phi) is 3.75. The molecule has 0 unspecified atom stereocenters. The number of amides is 2. The fraction of sp³-hybridized carbons (Fsp3) is 0.500. The first-order valence-electron chi connectivity index (χ1n) is 8.63. The Balaban J connectivity index is 1.46. The average Bonchev–Trinajstić information content (AvgIpc) is 3.47. The van der Waals surface area contributed by atoms with Crippen LogP contribution in [0.4, 0.5) is 5.69 Å². The van der Waals surface area contributed by atoms with Crippen molar-refractivity contribution in [2.24, 2.45) is 16.8 Å². The lowest BCUT2D eigenvalue weighted by Crippen LogP contribution is -2.57. The van der Waals surface area contributed by atoms with Crippen LogP contribution in [-0.2, 0) is 9.59 Å². The number of aryl methyl sites for hydroxylation is 1. The number of rotatable bonds is 5. The molecule has 2 fully saturated rings. The van der Waals surface area contributed by atoms with Gasteiger partial charge in [-0.05, 0) is 56.6 Å². The highest BCUT2D eigenvalue weighted by molar-refractivity contribution is 6.39. The summed E-state index contributed by atoms with van der Waals surface area (Å²) in [5.74, 6) is 1.10. The van der Waals surface area contributed by atoms with E-state index in [2.05, 4.69) is 15.7 Å². The van der Waals surface area contributed by atoms with Gasteiger partial charge in [0.2, 0.25) is 5.84 Å². The van der Waals surface area contributed by atoms with Gasteiger partial charge in [-0.1, -0.05) is 17.7 Å². The van der Waals surface area contributed by atoms with Gasteiger partial charge in [0.25, 0.3) is 11.8 Å². The normalized spacial score (nSPS) is 20.7. The van der Waals surface area contributed by atoms with Crippen LogP contribution in [0.15, 0.2) is 29.3 Å². The van der Waals surface area contributed by atoms with Gasteiger partial charge in [0.05, 0.1) is 5.69 Å². The number of anilines is 1. The summed E-state index contributed by atoms with van der Waals surface area (Å²) in [6.07, 6.45) is 4.81. The van der Waals surface area contributed by atoms with Gasteiger partial charge in [0.1, 0.15) is 6.54 Å². The summed E-state index contributed by atoms with van der Waals surface area (Å²) < 4.78 is 0. The van der Waals surface area contributed by atoms with Crippen LogP contribution in [0.3, 0.4) is 0 Å². The van der Waals surface area contributed by atoms with Crippen molar-refractivity contribution in [1.82, 2.24) is 10.7 Å². The van der Waals surface area contributed by atoms with E-state index >= 15 is 0 Å². The van der Waals surface area contributed by atoms with Gasteiger partial charge < -0.3 is 5.32 Å². The molecule has 3 aliphatic rings. The van der Waals surface area contributed by atoms with Crippen LogP contribution in [0.5, 0.6) is 0 Å². The van der Waals surface area contributed by atoms with Crippen LogP contribution < -0.4 is 15.8 Å². The second-order valence-corrected chi connectivity index (χ2v) is 7.02. The van der Waals surface area contributed by atoms with Crippen molar-refractivity contribution in [2.45, 2.75) is 38.6 Å². The van der Waals surface area contributed by atoms with Crippen LogP contribution >= 0.6 is 0 Å². The zero-order chi connectivity index (χ0) is 16.7. The van der Waals surface area contributed by atoms with E-state index in [1.54, 1.807) is 0 Å². The Bertz CT molecular complexity index is 677. The van der Waals surface area contributed by atoms with Crippen molar-refractivity contribution in [3.05, 3.63) is 29.8 Å². The zero-order valence-corrected chi connectivity index (χ0v) is 13.8. The molecule has 0 saturated heterocycles. The van der Waals surface area contributed by atoms with Crippen molar-refractivity contribution in [3.63, 3.8) is 0 Å². The maximum Gasteiger partial charge on any atom is 0.288 e. The molecular weight excluding hydrogens is 304 g/mol. The Morgan fingerprint density at radius 1 is 1.21 bits per heavy atom. The van der Waals surface area contributed by atoms with Crippen molar-refractivity contribution >= 4 is 23.3 Å². The van der Waals surface area contributed by atoms with Gasteiger partial charge in [0, 0.05) is 6.04 Å². The maximum atomic E-state index is 12.6. The van der Waals surface area contributed by atoms with Crippen molar-refractivity contribution in [2.75, 3.05) is 11.6 Å². The maximum absolute atomic E-state index is 12.6. The zero-order valence-electron chi connectivity index (χ0n) is 13.8. The van der Waals surface area contributed by atoms with Crippen LogP contribution in [0, 0.1) is 18.8 Å². The molecule has 4 rings (SSSR count). The molecule has 1 heterocycles. The predicted octanol–water partition coefficient (Wildman–Crippen LogP) is 1.55. The molecular formula is C18H22N4O2. The number of aliphatic imine (C=N–C) groups is 1. The van der Waals surface area contributed by atoms with E-state index < -0.39 is 0 Å². The summed E-state index contributed by atoms with van der Waals surface area (Å²) in [6, 6.07) is 7.86. The topological polar surface area (TPSA) is 73.8 Å². The lowest BCUT2D eigenvalue weighted by molar-refractivity contribution is -0.118. The van der Waals surface area contributed by atoms with Crippen LogP contribution in [0.1, 0.15) is 31.2 Å². The molecule has 2 N–H and O–H groups in total. The van der Waals surface area contributed by atoms with Gasteiger partial charge in [-0.3, -0.25) is 20.0 Å². The minimum Gasteiger partial charge on any atom is -0.346 e. The molecule has 0 spiro atoms. The molecule has 1 aliphatic heterocycles. The lowest BCUT2D eigenvalue weighted by atomic mass is 10.1. The van der Waals surface area contributed by atoms with E-state index in [1.165, 1.54) is 30.7 Å². The van der Waals surface area contributed by atoms with Crippen molar-refractivity contribution in [3.8, 4) is 0 Å². The third-order valence-electron chi connectivity index (χ3n) is 4.90. The molecule has 0 aromatic heterocycles. The van der Waals surface area contributed by atoms with Gasteiger partial charge in [-0.2, -0.15) is 0 Å². The molecule has 24 heavy (non-hydrogen) atoms. The first-order valence-corrected chi connectivity index (χ1v) is 8.63. The Hall–Kier alpha value is -2.37. The largest absolute Gasteiger partial charge is 0.346 e. The molecule has 1 aromatic rings. The summed E-state index contributed by atoms with van der Waals surface area (Å²) in [5, 5.41) is 4.54. The number of hydrazine groups is 1. The predicted molar refractivity (Wildman–Crippen MR) is 91.5 cm³/mol. The second-order valence-electron chi connectivity index (χ2n) is 7.02. The van der Waals surface area contributed by atoms with E-state index in [-0.39, 0.29) is 30.2 Å². The fourth-order valence-corrected chi connectivity index (χ4v) is 3.20. The molecule has 6 nitrogen and oxygen atoms in total. The third kappa shape index (κ3) is 3.13. The molecule has 2 aliphatic carbocycles. The first-order chi connectivity index (χ1) is 11.6. The fourth-order valence-electron chi connectivity index (χ4n) is 3.20. The molecule has 1 aromatic carbocycles. The molecule has 6 heteroatoms. The van der Waals surface area contributed by atoms with Crippen molar-refractivity contribution in [1.29, 1.82) is 0 Å². The van der Waals surface area contributed by atoms with E-state index in [9.17, 15) is 9.59 Å². The highest BCUT2D eigenvalue weighted by atomic mass is 16.2. The van der Waals surface area contributed by atoms with Gasteiger partial charge in [-0.25, -0.2) is 5.01 Å². The Morgan fingerprint density at radius 2 is 1.83 bits per heavy atom. The SMILES string of the molecule is Cc1ccc(N2NC(C(=O)NC(C3CC3)C3CC3)=NCC2=O)cc1. The quantitative estimate of drug-likeness (QED) is 0.862. The number of nitrogens with one attached hydrogen (secondary N) is 2. The number of carbonyl (C=O) groups is 2. The molecule has 0 atom stereocenters. The molecule has 0 radical (unpaired) electrons. The van der Waals surface area contributed by atoms with Crippen LogP contribution in [0.25, 0.3) is 0 Å². The van der Waals surface area contributed by atoms with Gasteiger partial charge in [-0.15, -0.1) is 0 Å². The molecule has 0 bridgehead atoms. The number of benzene rings is 1. The van der Waals surface area contributed by atoms with Gasteiger partial charge >= 0.3 is 0 Å². The molecule has 2 amide bonds. The van der Waals surface area contributed by atoms with E-state index in [1.807, 2.05) is 31.2 Å². The van der Waals surface area contributed by atoms with Gasteiger partial charge in [0.15, 0.2) is 0 Å². The summed E-state index contributed by atoms with van der Waals surface area (Å²) in [7, 11) is 0. The first kappa shape index (κ1) is 15.2. The second kappa shape index (κ2) is 5.92. The molecule has 126 valence electrons. The van der Waals surface area contributed by atoms with Crippen LogP contribution in [-0.4, -0.2) is 30.2 Å². The summed E-state index contributed by atoms with van der Waals surface area (Å²) in [6.45, 7) is 1.98. The van der Waals surface area contributed by atoms with Crippen LogP contribution in [0.2, 0.25) is 0 Å². The highest BCUT2D eigenvalue weighted by Gasteiger charge is 2.43. The Morgan fingerprint density at radius 3 is 2.42 bits per heavy atom. The van der Waals surface area contributed by atoms with Crippen molar-refractivity contribution < 1.29 is 9.59 Å². The number of carbonyl (C=O) groups excluding carboxylic acids is 2. The Labute approximate surface area is 141 Å². The standard InChI is InChI=1S/C18H22N4O2/c1-11-2-8-14(9-3-11)22-15(23)10-19-17(21-22)18(24)20-16(12-4-5-12)13-6-7-13/h2-3,8-9,12-13,16H,4-7,10H2,1H3,(H,19,21)(H,20,24). The summed E-state index contributed by atoms with van der Waals surface area (Å²) >= 11 is 0. The minimum absolute atomic E-state index is 0.0127. The molecule has 2 saturated carbocycles.